The Kier molecular flexibility index (Phi) is 6.05. The molecule has 3 aromatic rings. The van der Waals surface area contributed by atoms with Crippen molar-refractivity contribution in [2.45, 2.75) is 31.6 Å². The molecule has 3 heteroatoms. The summed E-state index contributed by atoms with van der Waals surface area (Å²) in [5.74, 6) is 1.29. The van der Waals surface area contributed by atoms with Crippen LogP contribution in [0.5, 0.6) is 17.2 Å². The van der Waals surface area contributed by atoms with Crippen LogP contribution in [-0.2, 0) is 0 Å². The molecule has 0 radical (unpaired) electrons. The Morgan fingerprint density at radius 3 is 1.64 bits per heavy atom. The summed E-state index contributed by atoms with van der Waals surface area (Å²) in [7, 11) is 0. The normalized spacial score (nSPS) is 13.0. The van der Waals surface area contributed by atoms with Crippen LogP contribution in [0.15, 0.2) is 79.4 Å². The maximum Gasteiger partial charge on any atom is 0.115 e. The van der Waals surface area contributed by atoms with E-state index in [1.165, 1.54) is 5.56 Å². The van der Waals surface area contributed by atoms with E-state index < -0.39 is 0 Å². The van der Waals surface area contributed by atoms with Gasteiger partial charge in [0.15, 0.2) is 0 Å². The molecule has 3 rings (SSSR count). The highest BCUT2D eigenvalue weighted by molar-refractivity contribution is 5.64. The summed E-state index contributed by atoms with van der Waals surface area (Å²) in [5, 5.41) is 28.7. The monoisotopic (exact) mass is 374 g/mol. The largest absolute Gasteiger partial charge is 0.508 e. The van der Waals surface area contributed by atoms with E-state index in [0.29, 0.717) is 5.92 Å². The molecule has 0 aromatic heterocycles. The second-order valence-corrected chi connectivity index (χ2v) is 7.37. The van der Waals surface area contributed by atoms with Gasteiger partial charge in [0.1, 0.15) is 17.2 Å². The molecule has 0 fully saturated rings. The number of rotatable bonds is 7. The van der Waals surface area contributed by atoms with Crippen LogP contribution in [0.1, 0.15) is 48.3 Å². The number of phenolic OH excluding ortho intramolecular Hbond substituents is 3. The number of hydrogen-bond donors (Lipinski definition) is 3. The van der Waals surface area contributed by atoms with Gasteiger partial charge < -0.3 is 15.3 Å². The van der Waals surface area contributed by atoms with Crippen molar-refractivity contribution in [1.82, 2.24) is 0 Å². The molecular weight excluding hydrogens is 348 g/mol. The number of hydrogen-bond acceptors (Lipinski definition) is 3. The molecule has 2 atom stereocenters. The van der Waals surface area contributed by atoms with E-state index in [9.17, 15) is 15.3 Å². The van der Waals surface area contributed by atoms with E-state index in [0.717, 1.165) is 29.5 Å². The first-order valence-electron chi connectivity index (χ1n) is 9.47. The minimum Gasteiger partial charge on any atom is -0.508 e. The summed E-state index contributed by atoms with van der Waals surface area (Å²) in [6.45, 7) is 6.45. The highest BCUT2D eigenvalue weighted by Gasteiger charge is 2.19. The van der Waals surface area contributed by atoms with Crippen LogP contribution in [0.4, 0.5) is 0 Å². The van der Waals surface area contributed by atoms with Crippen LogP contribution in [0.2, 0.25) is 0 Å². The Hall–Kier alpha value is -3.20. The predicted octanol–water partition coefficient (Wildman–Crippen LogP) is 6.18. The molecule has 0 aliphatic heterocycles. The van der Waals surface area contributed by atoms with E-state index in [1.807, 2.05) is 36.4 Å². The lowest BCUT2D eigenvalue weighted by Crippen LogP contribution is -2.06. The van der Waals surface area contributed by atoms with Gasteiger partial charge in [0, 0.05) is 0 Å². The molecule has 0 spiro atoms. The van der Waals surface area contributed by atoms with Crippen LogP contribution in [0.25, 0.3) is 5.57 Å². The van der Waals surface area contributed by atoms with Crippen LogP contribution >= 0.6 is 0 Å². The van der Waals surface area contributed by atoms with Gasteiger partial charge in [-0.05, 0) is 83.3 Å². The Labute approximate surface area is 166 Å². The Balaban J connectivity index is 1.82. The lowest BCUT2D eigenvalue weighted by molar-refractivity contribution is 0.474. The van der Waals surface area contributed by atoms with Crippen molar-refractivity contribution in [2.75, 3.05) is 0 Å². The smallest absolute Gasteiger partial charge is 0.115 e. The lowest BCUT2D eigenvalue weighted by atomic mass is 9.81. The molecular formula is C25H26O3. The van der Waals surface area contributed by atoms with Crippen LogP contribution in [-0.4, -0.2) is 15.3 Å². The molecule has 0 bridgehead atoms. The van der Waals surface area contributed by atoms with E-state index in [4.69, 9.17) is 0 Å². The van der Waals surface area contributed by atoms with Gasteiger partial charge in [-0.1, -0.05) is 49.9 Å². The van der Waals surface area contributed by atoms with Crippen molar-refractivity contribution in [3.63, 3.8) is 0 Å². The second kappa shape index (κ2) is 8.66. The van der Waals surface area contributed by atoms with Crippen LogP contribution in [0, 0.1) is 0 Å². The zero-order valence-electron chi connectivity index (χ0n) is 16.0. The summed E-state index contributed by atoms with van der Waals surface area (Å²) in [6.07, 6.45) is 1.69. The summed E-state index contributed by atoms with van der Waals surface area (Å²) >= 11 is 0. The van der Waals surface area contributed by atoms with Gasteiger partial charge in [-0.15, -0.1) is 0 Å². The summed E-state index contributed by atoms with van der Waals surface area (Å²) in [6, 6.07) is 21.8. The first kappa shape index (κ1) is 19.6. The molecule has 0 aliphatic rings. The second-order valence-electron chi connectivity index (χ2n) is 7.37. The fraction of sp³-hybridized carbons (Fsp3) is 0.200. The van der Waals surface area contributed by atoms with E-state index in [2.05, 4.69) is 13.5 Å². The first-order chi connectivity index (χ1) is 13.4. The van der Waals surface area contributed by atoms with Crippen molar-refractivity contribution in [3.05, 3.63) is 96.1 Å². The van der Waals surface area contributed by atoms with Gasteiger partial charge in [-0.3, -0.25) is 0 Å². The highest BCUT2D eigenvalue weighted by Crippen LogP contribution is 2.37. The quantitative estimate of drug-likeness (QED) is 0.462. The molecule has 3 nitrogen and oxygen atoms in total. The molecule has 0 saturated heterocycles. The minimum absolute atomic E-state index is 0.228. The topological polar surface area (TPSA) is 60.7 Å². The molecule has 0 aliphatic carbocycles. The maximum atomic E-state index is 9.65. The number of aromatic hydroxyl groups is 3. The predicted molar refractivity (Wildman–Crippen MR) is 114 cm³/mol. The van der Waals surface area contributed by atoms with Crippen molar-refractivity contribution in [1.29, 1.82) is 0 Å². The maximum absolute atomic E-state index is 9.65. The van der Waals surface area contributed by atoms with Gasteiger partial charge >= 0.3 is 0 Å². The van der Waals surface area contributed by atoms with Crippen molar-refractivity contribution < 1.29 is 15.3 Å². The molecule has 3 aromatic carbocycles. The van der Waals surface area contributed by atoms with Gasteiger partial charge in [0.05, 0.1) is 0 Å². The number of allylic oxidation sites excluding steroid dienone is 1. The lowest BCUT2D eigenvalue weighted by Gasteiger charge is -2.23. The van der Waals surface area contributed by atoms with Crippen LogP contribution in [0.3, 0.4) is 0 Å². The van der Waals surface area contributed by atoms with Crippen molar-refractivity contribution in [2.24, 2.45) is 0 Å². The van der Waals surface area contributed by atoms with E-state index in [1.54, 1.807) is 36.4 Å². The Bertz CT molecular complexity index is 910. The first-order valence-corrected chi connectivity index (χ1v) is 9.47. The fourth-order valence-electron chi connectivity index (χ4n) is 3.56. The standard InChI is InChI=1S/C25H26O3/c1-17(19-3-9-23(26)10-4-19)15-22(21-7-13-25(28)14-8-21)16-18(2)20-5-11-24(27)12-6-20/h3-14,18,22,26-28H,1,15-16H2,2H3. The fourth-order valence-corrected chi connectivity index (χ4v) is 3.56. The average molecular weight is 374 g/mol. The zero-order valence-corrected chi connectivity index (χ0v) is 16.0. The summed E-state index contributed by atoms with van der Waals surface area (Å²) in [5.41, 5.74) is 4.36. The van der Waals surface area contributed by atoms with E-state index >= 15 is 0 Å². The molecule has 3 N–H and O–H groups in total. The van der Waals surface area contributed by atoms with E-state index in [-0.39, 0.29) is 23.2 Å². The Morgan fingerprint density at radius 2 is 1.14 bits per heavy atom. The number of phenols is 3. The third-order valence-electron chi connectivity index (χ3n) is 5.23. The SMILES string of the molecule is C=C(CC(CC(C)c1ccc(O)cc1)c1ccc(O)cc1)c1ccc(O)cc1. The molecule has 28 heavy (non-hydrogen) atoms. The zero-order chi connectivity index (χ0) is 20.1. The van der Waals surface area contributed by atoms with Gasteiger partial charge in [0.2, 0.25) is 0 Å². The molecule has 144 valence electrons. The van der Waals surface area contributed by atoms with Gasteiger partial charge in [-0.2, -0.15) is 0 Å². The van der Waals surface area contributed by atoms with Gasteiger partial charge in [-0.25, -0.2) is 0 Å². The van der Waals surface area contributed by atoms with Crippen molar-refractivity contribution in [3.8, 4) is 17.2 Å². The van der Waals surface area contributed by atoms with Crippen molar-refractivity contribution >= 4 is 5.57 Å². The Morgan fingerprint density at radius 1 is 0.714 bits per heavy atom. The van der Waals surface area contributed by atoms with Gasteiger partial charge in [0.25, 0.3) is 0 Å². The molecule has 0 heterocycles. The highest BCUT2D eigenvalue weighted by atomic mass is 16.3. The summed E-state index contributed by atoms with van der Waals surface area (Å²) < 4.78 is 0. The molecule has 0 amide bonds. The van der Waals surface area contributed by atoms with Crippen LogP contribution < -0.4 is 0 Å². The number of benzene rings is 3. The average Bonchev–Trinajstić information content (AvgIpc) is 2.69. The third kappa shape index (κ3) is 4.95. The minimum atomic E-state index is 0.228. The molecule has 2 unspecified atom stereocenters. The third-order valence-corrected chi connectivity index (χ3v) is 5.23. The molecule has 0 saturated carbocycles. The summed E-state index contributed by atoms with van der Waals surface area (Å²) in [4.78, 5) is 0.